The van der Waals surface area contributed by atoms with Crippen molar-refractivity contribution in [3.05, 3.63) is 0 Å². The second-order valence-corrected chi connectivity index (χ2v) is 1.41. The Labute approximate surface area is 62.8 Å². The van der Waals surface area contributed by atoms with Crippen LogP contribution in [0.3, 0.4) is 0 Å². The first kappa shape index (κ1) is 23.2. The molecule has 0 aliphatic heterocycles. The molecule has 0 saturated heterocycles. The predicted octanol–water partition coefficient (Wildman–Crippen LogP) is -2.25. The van der Waals surface area contributed by atoms with E-state index in [1.807, 2.05) is 0 Å². The Morgan fingerprint density at radius 3 is 1.25 bits per heavy atom. The summed E-state index contributed by atoms with van der Waals surface area (Å²) in [6, 6.07) is 0. The molecule has 7 N–H and O–H groups in total. The summed E-state index contributed by atoms with van der Waals surface area (Å²) < 4.78 is 8.66. The molecule has 0 aliphatic rings. The van der Waals surface area contributed by atoms with Crippen molar-refractivity contribution >= 4 is 30.9 Å². The predicted molar refractivity (Wildman–Crippen MR) is 25.6 cm³/mol. The SMILES string of the molecule is N.N.O=P([O-])([O-])O.[Mg+2]. The van der Waals surface area contributed by atoms with Gasteiger partial charge >= 0.3 is 23.1 Å². The molecular formula is H7MgN2O4P. The molecule has 0 bridgehead atoms. The van der Waals surface area contributed by atoms with Crippen LogP contribution in [0.1, 0.15) is 0 Å². The molecule has 0 atom stereocenters. The molecule has 0 aromatic rings. The first-order valence-electron chi connectivity index (χ1n) is 0.748. The van der Waals surface area contributed by atoms with Gasteiger partial charge in [0.25, 0.3) is 0 Å². The van der Waals surface area contributed by atoms with Crippen molar-refractivity contribution in [2.24, 2.45) is 0 Å². The summed E-state index contributed by atoms with van der Waals surface area (Å²) in [5, 5.41) is 0. The zero-order valence-electron chi connectivity index (χ0n) is 4.24. The molecule has 6 nitrogen and oxygen atoms in total. The summed E-state index contributed by atoms with van der Waals surface area (Å²) in [5.41, 5.74) is 0. The van der Waals surface area contributed by atoms with E-state index < -0.39 is 7.82 Å². The zero-order chi connectivity index (χ0) is 4.50. The normalized spacial score (nSPS) is 7.38. The van der Waals surface area contributed by atoms with Crippen molar-refractivity contribution in [1.29, 1.82) is 0 Å². The molecule has 0 amide bonds. The molecule has 0 aromatic carbocycles. The molecule has 0 radical (unpaired) electrons. The van der Waals surface area contributed by atoms with Crippen LogP contribution < -0.4 is 22.1 Å². The largest absolute Gasteiger partial charge is 2.00 e. The van der Waals surface area contributed by atoms with E-state index in [-0.39, 0.29) is 35.4 Å². The third-order valence-corrected chi connectivity index (χ3v) is 0. The molecule has 0 saturated carbocycles. The van der Waals surface area contributed by atoms with Gasteiger partial charge in [-0.1, -0.05) is 0 Å². The van der Waals surface area contributed by atoms with Crippen molar-refractivity contribution in [2.45, 2.75) is 0 Å². The summed E-state index contributed by atoms with van der Waals surface area (Å²) in [7, 11) is -5.14. The van der Waals surface area contributed by atoms with Gasteiger partial charge in [-0.2, -0.15) is 0 Å². The first-order valence-corrected chi connectivity index (χ1v) is 2.24. The Morgan fingerprint density at radius 1 is 1.25 bits per heavy atom. The van der Waals surface area contributed by atoms with E-state index in [2.05, 4.69) is 0 Å². The number of hydrogen-bond donors (Lipinski definition) is 3. The standard InChI is InChI=1S/Mg.2H3N.H3O4P/c;;;1-5(2,3)4/h;2*1H3;(H3,1,2,3,4)/q+2;;;/p-2. The van der Waals surface area contributed by atoms with Gasteiger partial charge in [-0.05, 0) is 0 Å². The minimum absolute atomic E-state index is 0. The van der Waals surface area contributed by atoms with Crippen LogP contribution in [-0.2, 0) is 4.57 Å². The molecule has 8 heavy (non-hydrogen) atoms. The summed E-state index contributed by atoms with van der Waals surface area (Å²) in [4.78, 5) is 24.3. The molecule has 0 fully saturated rings. The van der Waals surface area contributed by atoms with Crippen molar-refractivity contribution in [3.63, 3.8) is 0 Å². The molecular weight excluding hydrogens is 147 g/mol. The van der Waals surface area contributed by atoms with Crippen LogP contribution >= 0.6 is 7.82 Å². The fourth-order valence-corrected chi connectivity index (χ4v) is 0. The van der Waals surface area contributed by atoms with E-state index in [1.165, 1.54) is 0 Å². The van der Waals surface area contributed by atoms with E-state index >= 15 is 0 Å². The van der Waals surface area contributed by atoms with Gasteiger partial charge in [0.1, 0.15) is 0 Å². The van der Waals surface area contributed by atoms with Crippen LogP contribution in [0.2, 0.25) is 0 Å². The fourth-order valence-electron chi connectivity index (χ4n) is 0. The van der Waals surface area contributed by atoms with Gasteiger partial charge in [-0.25, -0.2) is 0 Å². The smallest absolute Gasteiger partial charge is 0.790 e. The minimum Gasteiger partial charge on any atom is -0.790 e. The van der Waals surface area contributed by atoms with Gasteiger partial charge in [0, 0.05) is 0 Å². The quantitative estimate of drug-likeness (QED) is 0.264. The van der Waals surface area contributed by atoms with Crippen LogP contribution in [0.25, 0.3) is 0 Å². The summed E-state index contributed by atoms with van der Waals surface area (Å²) in [5.74, 6) is 0. The second kappa shape index (κ2) is 7.80. The molecule has 0 spiro atoms. The van der Waals surface area contributed by atoms with Crippen LogP contribution in [0.5, 0.6) is 0 Å². The minimum atomic E-state index is -5.14. The summed E-state index contributed by atoms with van der Waals surface area (Å²) in [6.07, 6.45) is 0. The van der Waals surface area contributed by atoms with E-state index in [9.17, 15) is 0 Å². The van der Waals surface area contributed by atoms with Crippen LogP contribution in [0.4, 0.5) is 0 Å². The molecule has 0 rings (SSSR count). The number of phosphoric acid groups is 1. The van der Waals surface area contributed by atoms with E-state index in [0.717, 1.165) is 0 Å². The van der Waals surface area contributed by atoms with Crippen molar-refractivity contribution in [3.8, 4) is 0 Å². The second-order valence-electron chi connectivity index (χ2n) is 0.469. The van der Waals surface area contributed by atoms with E-state index in [1.54, 1.807) is 0 Å². The fraction of sp³-hybridized carbons (Fsp3) is 0. The molecule has 48 valence electrons. The third-order valence-electron chi connectivity index (χ3n) is 0. The zero-order valence-corrected chi connectivity index (χ0v) is 6.55. The summed E-state index contributed by atoms with van der Waals surface area (Å²) in [6.45, 7) is 0. The topological polar surface area (TPSA) is 153 Å². The van der Waals surface area contributed by atoms with Crippen LogP contribution in [-0.4, -0.2) is 27.9 Å². The average Bonchev–Trinajstić information content (AvgIpc) is 0.722. The average molecular weight is 154 g/mol. The van der Waals surface area contributed by atoms with Gasteiger partial charge in [0.05, 0.1) is 7.82 Å². The Hall–Kier alpha value is 0.796. The number of hydrogen-bond acceptors (Lipinski definition) is 5. The van der Waals surface area contributed by atoms with Crippen molar-refractivity contribution in [2.75, 3.05) is 0 Å². The Balaban J connectivity index is -0.0000000267. The maximum Gasteiger partial charge on any atom is 2.00 e. The van der Waals surface area contributed by atoms with Gasteiger partial charge in [0.15, 0.2) is 0 Å². The van der Waals surface area contributed by atoms with Gasteiger partial charge in [-0.15, -0.1) is 0 Å². The maximum absolute atomic E-state index is 8.66. The Bertz CT molecular complexity index is 60.2. The van der Waals surface area contributed by atoms with Gasteiger partial charge < -0.3 is 31.5 Å². The van der Waals surface area contributed by atoms with Crippen molar-refractivity contribution in [1.82, 2.24) is 12.3 Å². The number of rotatable bonds is 0. The molecule has 8 heteroatoms. The van der Waals surface area contributed by atoms with Crippen LogP contribution in [0.15, 0.2) is 0 Å². The van der Waals surface area contributed by atoms with E-state index in [0.29, 0.717) is 0 Å². The van der Waals surface area contributed by atoms with Crippen LogP contribution in [0, 0.1) is 0 Å². The van der Waals surface area contributed by atoms with E-state index in [4.69, 9.17) is 19.2 Å². The third kappa shape index (κ3) is 360. The monoisotopic (exact) mass is 154 g/mol. The summed E-state index contributed by atoms with van der Waals surface area (Å²) >= 11 is 0. The van der Waals surface area contributed by atoms with Gasteiger partial charge in [0.2, 0.25) is 0 Å². The van der Waals surface area contributed by atoms with Crippen molar-refractivity contribution < 1.29 is 19.2 Å². The Kier molecular flexibility index (Phi) is 22.6. The molecule has 0 aromatic heterocycles. The van der Waals surface area contributed by atoms with Gasteiger partial charge in [-0.3, -0.25) is 0 Å². The molecule has 0 heterocycles. The molecule has 0 aliphatic carbocycles. The maximum atomic E-state index is 8.66. The first-order chi connectivity index (χ1) is 2.00. The Morgan fingerprint density at radius 2 is 1.25 bits per heavy atom. The molecule has 0 unspecified atom stereocenters.